The van der Waals surface area contributed by atoms with E-state index in [-0.39, 0.29) is 18.7 Å². The van der Waals surface area contributed by atoms with Gasteiger partial charge in [0.25, 0.3) is 0 Å². The van der Waals surface area contributed by atoms with Crippen LogP contribution in [0.4, 0.5) is 4.39 Å². The Bertz CT molecular complexity index is 104. The van der Waals surface area contributed by atoms with Gasteiger partial charge in [0.1, 0.15) is 6.67 Å². The van der Waals surface area contributed by atoms with Gasteiger partial charge >= 0.3 is 0 Å². The van der Waals surface area contributed by atoms with Crippen LogP contribution in [-0.2, 0) is 0 Å². The highest BCUT2D eigenvalue weighted by molar-refractivity contribution is 4.94. The van der Waals surface area contributed by atoms with Crippen LogP contribution >= 0.6 is 0 Å². The number of rotatable bonds is 5. The molecule has 0 aromatic carbocycles. The van der Waals surface area contributed by atoms with E-state index in [0.717, 1.165) is 19.4 Å². The molecule has 1 aliphatic carbocycles. The topological polar surface area (TPSA) is 32.3 Å². The molecule has 10 heavy (non-hydrogen) atoms. The van der Waals surface area contributed by atoms with Crippen LogP contribution in [0.3, 0.4) is 0 Å². The third-order valence-electron chi connectivity index (χ3n) is 2.06. The summed E-state index contributed by atoms with van der Waals surface area (Å²) in [6.45, 7) is 1.11. The quantitative estimate of drug-likeness (QED) is 0.549. The van der Waals surface area contributed by atoms with Crippen LogP contribution in [0.15, 0.2) is 0 Å². The zero-order chi connectivity index (χ0) is 7.45. The minimum atomic E-state index is -0.318. The minimum Gasteiger partial charge on any atom is -0.396 e. The van der Waals surface area contributed by atoms with Gasteiger partial charge in [0, 0.05) is 25.1 Å². The Balaban J connectivity index is 2.01. The molecule has 1 rings (SSSR count). The van der Waals surface area contributed by atoms with E-state index < -0.39 is 0 Å². The molecule has 0 heterocycles. The smallest absolute Gasteiger partial charge is 0.102 e. The van der Waals surface area contributed by atoms with Crippen LogP contribution in [0.2, 0.25) is 0 Å². The van der Waals surface area contributed by atoms with Crippen LogP contribution in [0.5, 0.6) is 0 Å². The molecule has 1 saturated carbocycles. The number of aliphatic hydroxyl groups is 1. The van der Waals surface area contributed by atoms with E-state index in [1.807, 2.05) is 0 Å². The van der Waals surface area contributed by atoms with Crippen molar-refractivity contribution in [2.45, 2.75) is 12.8 Å². The van der Waals surface area contributed by atoms with Gasteiger partial charge < -0.3 is 10.4 Å². The highest BCUT2D eigenvalue weighted by Gasteiger charge is 2.41. The van der Waals surface area contributed by atoms with E-state index in [2.05, 4.69) is 5.32 Å². The van der Waals surface area contributed by atoms with Crippen LogP contribution in [0.1, 0.15) is 12.8 Å². The van der Waals surface area contributed by atoms with Gasteiger partial charge in [-0.15, -0.1) is 0 Å². The molecule has 60 valence electrons. The zero-order valence-electron chi connectivity index (χ0n) is 6.07. The number of halogens is 1. The summed E-state index contributed by atoms with van der Waals surface area (Å²) in [5, 5.41) is 11.8. The number of hydrogen-bond acceptors (Lipinski definition) is 2. The largest absolute Gasteiger partial charge is 0.396 e. The van der Waals surface area contributed by atoms with E-state index in [1.54, 1.807) is 0 Å². The maximum Gasteiger partial charge on any atom is 0.102 e. The normalized spacial score (nSPS) is 21.0. The fourth-order valence-corrected chi connectivity index (χ4v) is 0.988. The molecule has 0 amide bonds. The van der Waals surface area contributed by atoms with Gasteiger partial charge in [-0.3, -0.25) is 0 Å². The summed E-state index contributed by atoms with van der Waals surface area (Å²) in [5.41, 5.74) is 0.120. The number of alkyl halides is 1. The summed E-state index contributed by atoms with van der Waals surface area (Å²) >= 11 is 0. The Labute approximate surface area is 60.4 Å². The summed E-state index contributed by atoms with van der Waals surface area (Å²) in [6.07, 6.45) is 2.17. The van der Waals surface area contributed by atoms with Crippen molar-refractivity contribution in [1.82, 2.24) is 5.32 Å². The third-order valence-corrected chi connectivity index (χ3v) is 2.06. The first-order valence-electron chi connectivity index (χ1n) is 3.70. The predicted molar refractivity (Wildman–Crippen MR) is 37.6 cm³/mol. The van der Waals surface area contributed by atoms with E-state index in [9.17, 15) is 4.39 Å². The Hall–Kier alpha value is -0.150. The highest BCUT2D eigenvalue weighted by atomic mass is 19.1. The zero-order valence-corrected chi connectivity index (χ0v) is 6.07. The average Bonchev–Trinajstić information content (AvgIpc) is 2.70. The Morgan fingerprint density at radius 3 is 2.60 bits per heavy atom. The molecule has 0 aromatic heterocycles. The van der Waals surface area contributed by atoms with Crippen LogP contribution in [-0.4, -0.2) is 31.5 Å². The molecule has 1 aliphatic rings. The standard InChI is InChI=1S/C7H14FNO/c8-3-4-9-5-7(6-10)1-2-7/h9-10H,1-6H2. The van der Waals surface area contributed by atoms with E-state index in [4.69, 9.17) is 5.11 Å². The molecule has 2 nitrogen and oxygen atoms in total. The maximum absolute atomic E-state index is 11.6. The van der Waals surface area contributed by atoms with Gasteiger partial charge in [-0.05, 0) is 12.8 Å². The maximum atomic E-state index is 11.6. The van der Waals surface area contributed by atoms with Crippen LogP contribution < -0.4 is 5.32 Å². The average molecular weight is 147 g/mol. The SMILES string of the molecule is OCC1(CNCCF)CC1. The van der Waals surface area contributed by atoms with E-state index >= 15 is 0 Å². The van der Waals surface area contributed by atoms with Gasteiger partial charge in [0.15, 0.2) is 0 Å². The lowest BCUT2D eigenvalue weighted by Gasteiger charge is -2.10. The second kappa shape index (κ2) is 3.30. The van der Waals surface area contributed by atoms with Crippen molar-refractivity contribution >= 4 is 0 Å². The second-order valence-electron chi connectivity index (χ2n) is 3.02. The minimum absolute atomic E-state index is 0.120. The first-order chi connectivity index (χ1) is 4.83. The van der Waals surface area contributed by atoms with Gasteiger partial charge in [-0.1, -0.05) is 0 Å². The van der Waals surface area contributed by atoms with Gasteiger partial charge in [0.05, 0.1) is 0 Å². The first kappa shape index (κ1) is 7.95. The molecular formula is C7H14FNO. The van der Waals surface area contributed by atoms with Crippen LogP contribution in [0, 0.1) is 5.41 Å². The summed E-state index contributed by atoms with van der Waals surface area (Å²) in [6, 6.07) is 0. The van der Waals surface area contributed by atoms with Crippen LogP contribution in [0.25, 0.3) is 0 Å². The highest BCUT2D eigenvalue weighted by Crippen LogP contribution is 2.44. The van der Waals surface area contributed by atoms with E-state index in [1.165, 1.54) is 0 Å². The van der Waals surface area contributed by atoms with Crippen molar-refractivity contribution < 1.29 is 9.50 Å². The second-order valence-corrected chi connectivity index (χ2v) is 3.02. The molecule has 3 heteroatoms. The molecule has 0 aromatic rings. The summed E-state index contributed by atoms with van der Waals surface area (Å²) in [7, 11) is 0. The molecule has 0 saturated heterocycles. The number of aliphatic hydroxyl groups excluding tert-OH is 1. The summed E-state index contributed by atoms with van der Waals surface area (Å²) < 4.78 is 11.6. The lowest BCUT2D eigenvalue weighted by molar-refractivity contribution is 0.207. The van der Waals surface area contributed by atoms with Crippen molar-refractivity contribution in [1.29, 1.82) is 0 Å². The predicted octanol–water partition coefficient (Wildman–Crippen LogP) is 0.318. The van der Waals surface area contributed by atoms with Crippen molar-refractivity contribution in [2.24, 2.45) is 5.41 Å². The molecule has 0 unspecified atom stereocenters. The van der Waals surface area contributed by atoms with Gasteiger partial charge in [-0.2, -0.15) is 0 Å². The Kier molecular flexibility index (Phi) is 2.63. The lowest BCUT2D eigenvalue weighted by Crippen LogP contribution is -2.27. The molecule has 0 radical (unpaired) electrons. The number of hydrogen-bond donors (Lipinski definition) is 2. The Morgan fingerprint density at radius 2 is 2.20 bits per heavy atom. The summed E-state index contributed by atoms with van der Waals surface area (Å²) in [4.78, 5) is 0. The third kappa shape index (κ3) is 1.92. The first-order valence-corrected chi connectivity index (χ1v) is 3.70. The molecular weight excluding hydrogens is 133 g/mol. The molecule has 0 aliphatic heterocycles. The van der Waals surface area contributed by atoms with Crippen molar-refractivity contribution in [2.75, 3.05) is 26.4 Å². The van der Waals surface area contributed by atoms with Gasteiger partial charge in [-0.25, -0.2) is 4.39 Å². The lowest BCUT2D eigenvalue weighted by atomic mass is 10.1. The van der Waals surface area contributed by atoms with Crippen molar-refractivity contribution in [3.63, 3.8) is 0 Å². The number of nitrogens with one attached hydrogen (secondary N) is 1. The fraction of sp³-hybridized carbons (Fsp3) is 1.00. The fourth-order valence-electron chi connectivity index (χ4n) is 0.988. The van der Waals surface area contributed by atoms with Gasteiger partial charge in [0.2, 0.25) is 0 Å². The molecule has 0 atom stereocenters. The van der Waals surface area contributed by atoms with Crippen molar-refractivity contribution in [3.05, 3.63) is 0 Å². The molecule has 0 spiro atoms. The Morgan fingerprint density at radius 1 is 1.50 bits per heavy atom. The van der Waals surface area contributed by atoms with Crippen molar-refractivity contribution in [3.8, 4) is 0 Å². The molecule has 2 N–H and O–H groups in total. The van der Waals surface area contributed by atoms with E-state index in [0.29, 0.717) is 6.54 Å². The summed E-state index contributed by atoms with van der Waals surface area (Å²) in [5.74, 6) is 0. The molecule has 0 bridgehead atoms. The monoisotopic (exact) mass is 147 g/mol. The molecule has 1 fully saturated rings.